The van der Waals surface area contributed by atoms with E-state index >= 15 is 0 Å². The number of halogens is 1. The predicted octanol–water partition coefficient (Wildman–Crippen LogP) is 2.28. The summed E-state index contributed by atoms with van der Waals surface area (Å²) >= 11 is 0. The molecule has 0 saturated carbocycles. The summed E-state index contributed by atoms with van der Waals surface area (Å²) < 4.78 is 23.2. The highest BCUT2D eigenvalue weighted by Gasteiger charge is 2.02. The number of ether oxygens (including phenoxy) is 2. The van der Waals surface area contributed by atoms with E-state index in [4.69, 9.17) is 9.47 Å². The van der Waals surface area contributed by atoms with E-state index in [0.29, 0.717) is 24.6 Å². The van der Waals surface area contributed by atoms with Gasteiger partial charge in [-0.05, 0) is 18.6 Å². The third kappa shape index (κ3) is 3.75. The first-order valence-corrected chi connectivity index (χ1v) is 4.84. The van der Waals surface area contributed by atoms with E-state index in [1.54, 1.807) is 19.2 Å². The number of methoxy groups -OCH3 is 2. The van der Waals surface area contributed by atoms with Gasteiger partial charge >= 0.3 is 0 Å². The van der Waals surface area contributed by atoms with Crippen molar-refractivity contribution in [2.75, 3.05) is 32.7 Å². The SMILES string of the molecule is COCCCNc1ccc(OC)cc1F. The molecule has 0 heterocycles. The fourth-order valence-corrected chi connectivity index (χ4v) is 1.21. The summed E-state index contributed by atoms with van der Waals surface area (Å²) in [6, 6.07) is 4.75. The number of benzene rings is 1. The van der Waals surface area contributed by atoms with Crippen molar-refractivity contribution in [2.24, 2.45) is 0 Å². The fraction of sp³-hybridized carbons (Fsp3) is 0.455. The third-order valence-corrected chi connectivity index (χ3v) is 2.02. The molecule has 0 spiro atoms. The van der Waals surface area contributed by atoms with Gasteiger partial charge in [0.1, 0.15) is 11.6 Å². The molecule has 3 nitrogen and oxygen atoms in total. The Morgan fingerprint density at radius 3 is 2.73 bits per heavy atom. The Kier molecular flexibility index (Phi) is 4.90. The van der Waals surface area contributed by atoms with Crippen molar-refractivity contribution in [3.05, 3.63) is 24.0 Å². The molecule has 84 valence electrons. The van der Waals surface area contributed by atoms with Gasteiger partial charge in [-0.3, -0.25) is 0 Å². The van der Waals surface area contributed by atoms with Crippen molar-refractivity contribution < 1.29 is 13.9 Å². The van der Waals surface area contributed by atoms with Crippen LogP contribution in [-0.2, 0) is 4.74 Å². The summed E-state index contributed by atoms with van der Waals surface area (Å²) in [4.78, 5) is 0. The molecule has 4 heteroatoms. The second kappa shape index (κ2) is 6.24. The summed E-state index contributed by atoms with van der Waals surface area (Å²) in [6.45, 7) is 1.36. The highest BCUT2D eigenvalue weighted by Crippen LogP contribution is 2.19. The zero-order valence-electron chi connectivity index (χ0n) is 9.05. The van der Waals surface area contributed by atoms with E-state index in [1.807, 2.05) is 0 Å². The van der Waals surface area contributed by atoms with Gasteiger partial charge in [0.2, 0.25) is 0 Å². The van der Waals surface area contributed by atoms with Crippen LogP contribution in [0.25, 0.3) is 0 Å². The van der Waals surface area contributed by atoms with Gasteiger partial charge in [-0.15, -0.1) is 0 Å². The van der Waals surface area contributed by atoms with E-state index in [0.717, 1.165) is 6.42 Å². The average molecular weight is 213 g/mol. The van der Waals surface area contributed by atoms with Crippen LogP contribution in [0.4, 0.5) is 10.1 Å². The molecule has 1 aromatic rings. The smallest absolute Gasteiger partial charge is 0.149 e. The first kappa shape index (κ1) is 11.8. The Bertz CT molecular complexity index is 305. The maximum Gasteiger partial charge on any atom is 0.149 e. The van der Waals surface area contributed by atoms with E-state index in [1.165, 1.54) is 13.2 Å². The second-order valence-electron chi connectivity index (χ2n) is 3.12. The largest absolute Gasteiger partial charge is 0.497 e. The Morgan fingerprint density at radius 2 is 2.13 bits per heavy atom. The Morgan fingerprint density at radius 1 is 1.33 bits per heavy atom. The summed E-state index contributed by atoms with van der Waals surface area (Å²) in [5.74, 6) is 0.224. The Balaban J connectivity index is 2.47. The van der Waals surface area contributed by atoms with Crippen LogP contribution in [0.3, 0.4) is 0 Å². The first-order chi connectivity index (χ1) is 7.27. The van der Waals surface area contributed by atoms with Crippen molar-refractivity contribution >= 4 is 5.69 Å². The van der Waals surface area contributed by atoms with Gasteiger partial charge in [-0.2, -0.15) is 0 Å². The second-order valence-corrected chi connectivity index (χ2v) is 3.12. The van der Waals surface area contributed by atoms with Crippen LogP contribution < -0.4 is 10.1 Å². The van der Waals surface area contributed by atoms with Crippen molar-refractivity contribution in [1.82, 2.24) is 0 Å². The van der Waals surface area contributed by atoms with Gasteiger partial charge in [0.15, 0.2) is 0 Å². The molecule has 0 bridgehead atoms. The van der Waals surface area contributed by atoms with Gasteiger partial charge in [-0.25, -0.2) is 4.39 Å². The van der Waals surface area contributed by atoms with E-state index < -0.39 is 0 Å². The van der Waals surface area contributed by atoms with Gasteiger partial charge in [-0.1, -0.05) is 0 Å². The first-order valence-electron chi connectivity index (χ1n) is 4.84. The lowest BCUT2D eigenvalue weighted by molar-refractivity contribution is 0.197. The van der Waals surface area contributed by atoms with Crippen LogP contribution in [0.5, 0.6) is 5.75 Å². The van der Waals surface area contributed by atoms with Crippen LogP contribution in [0.15, 0.2) is 18.2 Å². The topological polar surface area (TPSA) is 30.5 Å². The van der Waals surface area contributed by atoms with Crippen molar-refractivity contribution in [3.8, 4) is 5.75 Å². The fourth-order valence-electron chi connectivity index (χ4n) is 1.21. The minimum Gasteiger partial charge on any atom is -0.497 e. The highest BCUT2D eigenvalue weighted by atomic mass is 19.1. The lowest BCUT2D eigenvalue weighted by atomic mass is 10.3. The van der Waals surface area contributed by atoms with Crippen LogP contribution >= 0.6 is 0 Å². The summed E-state index contributed by atoms with van der Waals surface area (Å²) in [5.41, 5.74) is 0.493. The minimum atomic E-state index is -0.299. The molecular formula is C11H16FNO2. The highest BCUT2D eigenvalue weighted by molar-refractivity contribution is 5.47. The lowest BCUT2D eigenvalue weighted by Gasteiger charge is -2.08. The van der Waals surface area contributed by atoms with Crippen LogP contribution in [0.2, 0.25) is 0 Å². The molecule has 0 saturated heterocycles. The van der Waals surface area contributed by atoms with Crippen molar-refractivity contribution in [2.45, 2.75) is 6.42 Å². The molecule has 1 N–H and O–H groups in total. The van der Waals surface area contributed by atoms with Gasteiger partial charge in [0, 0.05) is 26.3 Å². The van der Waals surface area contributed by atoms with Crippen molar-refractivity contribution in [1.29, 1.82) is 0 Å². The van der Waals surface area contributed by atoms with Crippen molar-refractivity contribution in [3.63, 3.8) is 0 Å². The Labute approximate surface area is 89.2 Å². The minimum absolute atomic E-state index is 0.299. The number of hydrogen-bond donors (Lipinski definition) is 1. The maximum absolute atomic E-state index is 13.4. The monoisotopic (exact) mass is 213 g/mol. The Hall–Kier alpha value is -1.29. The molecule has 0 radical (unpaired) electrons. The maximum atomic E-state index is 13.4. The molecule has 0 unspecified atom stereocenters. The molecule has 0 atom stereocenters. The normalized spacial score (nSPS) is 10.1. The predicted molar refractivity (Wildman–Crippen MR) is 57.9 cm³/mol. The molecule has 1 aromatic carbocycles. The molecule has 15 heavy (non-hydrogen) atoms. The van der Waals surface area contributed by atoms with Gasteiger partial charge < -0.3 is 14.8 Å². The van der Waals surface area contributed by atoms with Gasteiger partial charge in [0.25, 0.3) is 0 Å². The number of anilines is 1. The van der Waals surface area contributed by atoms with E-state index in [9.17, 15) is 4.39 Å². The summed E-state index contributed by atoms with van der Waals surface area (Å²) in [6.07, 6.45) is 0.849. The molecular weight excluding hydrogens is 197 g/mol. The number of hydrogen-bond acceptors (Lipinski definition) is 3. The standard InChI is InChI=1S/C11H16FNO2/c1-14-7-3-6-13-11-5-4-9(15-2)8-10(11)12/h4-5,8,13H,3,6-7H2,1-2H3. The van der Waals surface area contributed by atoms with Crippen LogP contribution in [0, 0.1) is 5.82 Å². The van der Waals surface area contributed by atoms with Gasteiger partial charge in [0.05, 0.1) is 12.8 Å². The van der Waals surface area contributed by atoms with Crippen LogP contribution in [0.1, 0.15) is 6.42 Å². The quantitative estimate of drug-likeness (QED) is 0.735. The molecule has 0 aliphatic heterocycles. The molecule has 1 rings (SSSR count). The lowest BCUT2D eigenvalue weighted by Crippen LogP contribution is -2.06. The zero-order chi connectivity index (χ0) is 11.1. The summed E-state index contributed by atoms with van der Waals surface area (Å²) in [5, 5.41) is 2.99. The van der Waals surface area contributed by atoms with Crippen LogP contribution in [-0.4, -0.2) is 27.4 Å². The molecule has 0 fully saturated rings. The third-order valence-electron chi connectivity index (χ3n) is 2.02. The molecule has 0 amide bonds. The zero-order valence-corrected chi connectivity index (χ0v) is 9.05. The van der Waals surface area contributed by atoms with E-state index in [-0.39, 0.29) is 5.82 Å². The van der Waals surface area contributed by atoms with E-state index in [2.05, 4.69) is 5.32 Å². The molecule has 0 aliphatic rings. The average Bonchev–Trinajstić information content (AvgIpc) is 2.26. The summed E-state index contributed by atoms with van der Waals surface area (Å²) in [7, 11) is 3.16. The molecule has 0 aromatic heterocycles. The molecule has 0 aliphatic carbocycles. The number of rotatable bonds is 6. The number of nitrogens with one attached hydrogen (secondary N) is 1.